The Hall–Kier alpha value is -2.75. The van der Waals surface area contributed by atoms with Gasteiger partial charge in [0.1, 0.15) is 0 Å². The van der Waals surface area contributed by atoms with Gasteiger partial charge in [0.2, 0.25) is 0 Å². The molecule has 0 saturated heterocycles. The Morgan fingerprint density at radius 3 is 2.33 bits per heavy atom. The number of hydrogen-bond donors (Lipinski definition) is 0. The maximum Gasteiger partial charge on any atom is 0.269 e. The smallest absolute Gasteiger partial charge is 0.258 e. The fourth-order valence-corrected chi connectivity index (χ4v) is 1.99. The predicted octanol–water partition coefficient (Wildman–Crippen LogP) is 4.33. The molecule has 1 heterocycles. The van der Waals surface area contributed by atoms with Gasteiger partial charge in [-0.25, -0.2) is 0 Å². The van der Waals surface area contributed by atoms with E-state index in [4.69, 9.17) is 0 Å². The first-order valence-electron chi connectivity index (χ1n) is 6.59. The Kier molecular flexibility index (Phi) is 4.61. The SMILES string of the molecule is Cc1cc(C)nc(C=CC=Cc2ccc([N+](=O)[O-])cc2)c1. The lowest BCUT2D eigenvalue weighted by Gasteiger charge is -1.98. The van der Waals surface area contributed by atoms with Crippen LogP contribution >= 0.6 is 0 Å². The summed E-state index contributed by atoms with van der Waals surface area (Å²) in [6.07, 6.45) is 7.62. The number of nitro benzene ring substituents is 1. The van der Waals surface area contributed by atoms with Crippen LogP contribution in [0.1, 0.15) is 22.5 Å². The molecule has 0 radical (unpaired) electrons. The van der Waals surface area contributed by atoms with Gasteiger partial charge in [-0.15, -0.1) is 0 Å². The second kappa shape index (κ2) is 6.61. The lowest BCUT2D eigenvalue weighted by molar-refractivity contribution is -0.384. The molecule has 0 amide bonds. The first-order chi connectivity index (χ1) is 10.0. The maximum atomic E-state index is 10.6. The number of nitro groups is 1. The molecule has 0 unspecified atom stereocenters. The first-order valence-corrected chi connectivity index (χ1v) is 6.59. The number of allylic oxidation sites excluding steroid dienone is 2. The summed E-state index contributed by atoms with van der Waals surface area (Å²) in [6.45, 7) is 4.01. The topological polar surface area (TPSA) is 56.0 Å². The molecule has 0 spiro atoms. The van der Waals surface area contributed by atoms with Crippen LogP contribution in [0.4, 0.5) is 5.69 Å². The monoisotopic (exact) mass is 280 g/mol. The number of aromatic nitrogens is 1. The van der Waals surface area contributed by atoms with Crippen molar-refractivity contribution in [3.63, 3.8) is 0 Å². The molecule has 0 fully saturated rings. The van der Waals surface area contributed by atoms with Gasteiger partial charge in [-0.05, 0) is 55.3 Å². The Balaban J connectivity index is 2.04. The van der Waals surface area contributed by atoms with Crippen LogP contribution in [0.15, 0.2) is 48.6 Å². The third kappa shape index (κ3) is 4.38. The van der Waals surface area contributed by atoms with E-state index in [0.29, 0.717) is 0 Å². The summed E-state index contributed by atoms with van der Waals surface area (Å²) in [7, 11) is 0. The van der Waals surface area contributed by atoms with Crippen LogP contribution in [-0.4, -0.2) is 9.91 Å². The molecule has 0 bridgehead atoms. The van der Waals surface area contributed by atoms with Crippen LogP contribution < -0.4 is 0 Å². The molecule has 1 aromatic heterocycles. The van der Waals surface area contributed by atoms with Crippen molar-refractivity contribution in [3.05, 3.63) is 81.2 Å². The van der Waals surface area contributed by atoms with Crippen molar-refractivity contribution >= 4 is 17.8 Å². The van der Waals surface area contributed by atoms with Crippen molar-refractivity contribution in [3.8, 4) is 0 Å². The zero-order chi connectivity index (χ0) is 15.2. The van der Waals surface area contributed by atoms with E-state index >= 15 is 0 Å². The van der Waals surface area contributed by atoms with Gasteiger partial charge < -0.3 is 0 Å². The average Bonchev–Trinajstić information content (AvgIpc) is 2.43. The Labute approximate surface area is 123 Å². The molecular formula is C17H16N2O2. The summed E-state index contributed by atoms with van der Waals surface area (Å²) >= 11 is 0. The second-order valence-electron chi connectivity index (χ2n) is 4.78. The second-order valence-corrected chi connectivity index (χ2v) is 4.78. The van der Waals surface area contributed by atoms with Crippen LogP contribution in [0.5, 0.6) is 0 Å². The molecule has 0 N–H and O–H groups in total. The fourth-order valence-electron chi connectivity index (χ4n) is 1.99. The maximum absolute atomic E-state index is 10.6. The van der Waals surface area contributed by atoms with Gasteiger partial charge in [-0.2, -0.15) is 0 Å². The Bertz CT molecular complexity index is 681. The third-order valence-corrected chi connectivity index (χ3v) is 2.89. The molecule has 21 heavy (non-hydrogen) atoms. The zero-order valence-corrected chi connectivity index (χ0v) is 12.0. The average molecular weight is 280 g/mol. The van der Waals surface area contributed by atoms with Gasteiger partial charge in [0, 0.05) is 17.8 Å². The molecule has 0 aliphatic heterocycles. The number of pyridine rings is 1. The standard InChI is InChI=1S/C17H16N2O2/c1-13-11-14(2)18-16(12-13)6-4-3-5-15-7-9-17(10-8-15)19(20)21/h3-12H,1-2H3. The Morgan fingerprint density at radius 2 is 1.71 bits per heavy atom. The summed E-state index contributed by atoms with van der Waals surface area (Å²) in [5, 5.41) is 10.6. The third-order valence-electron chi connectivity index (χ3n) is 2.89. The molecule has 2 rings (SSSR count). The number of benzene rings is 1. The molecule has 0 aliphatic rings. The van der Waals surface area contributed by atoms with Crippen LogP contribution in [0.25, 0.3) is 12.2 Å². The van der Waals surface area contributed by atoms with Crippen LogP contribution in [-0.2, 0) is 0 Å². The summed E-state index contributed by atoms with van der Waals surface area (Å²) < 4.78 is 0. The Morgan fingerprint density at radius 1 is 1.05 bits per heavy atom. The number of aryl methyl sites for hydroxylation is 2. The minimum atomic E-state index is -0.404. The van der Waals surface area contributed by atoms with E-state index < -0.39 is 4.92 Å². The molecule has 0 saturated carbocycles. The predicted molar refractivity (Wildman–Crippen MR) is 84.9 cm³/mol. The van der Waals surface area contributed by atoms with Crippen molar-refractivity contribution in [2.24, 2.45) is 0 Å². The van der Waals surface area contributed by atoms with Crippen molar-refractivity contribution in [2.75, 3.05) is 0 Å². The van der Waals surface area contributed by atoms with Crippen LogP contribution in [0, 0.1) is 24.0 Å². The number of rotatable bonds is 4. The largest absolute Gasteiger partial charge is 0.269 e. The molecule has 0 atom stereocenters. The van der Waals surface area contributed by atoms with Crippen molar-refractivity contribution in [1.29, 1.82) is 0 Å². The van der Waals surface area contributed by atoms with Gasteiger partial charge in [-0.3, -0.25) is 15.1 Å². The highest BCUT2D eigenvalue weighted by Crippen LogP contribution is 2.13. The minimum Gasteiger partial charge on any atom is -0.258 e. The van der Waals surface area contributed by atoms with E-state index in [1.807, 2.05) is 50.3 Å². The minimum absolute atomic E-state index is 0.0992. The number of nitrogens with zero attached hydrogens (tertiary/aromatic N) is 2. The molecule has 2 aromatic rings. The number of non-ortho nitro benzene ring substituents is 1. The fraction of sp³-hybridized carbons (Fsp3) is 0.118. The van der Waals surface area contributed by atoms with E-state index in [1.165, 1.54) is 17.7 Å². The highest BCUT2D eigenvalue weighted by Gasteiger charge is 2.01. The molecule has 0 aliphatic carbocycles. The summed E-state index contributed by atoms with van der Waals surface area (Å²) in [4.78, 5) is 14.6. The molecule has 4 nitrogen and oxygen atoms in total. The summed E-state index contributed by atoms with van der Waals surface area (Å²) in [5.74, 6) is 0. The zero-order valence-electron chi connectivity index (χ0n) is 12.0. The van der Waals surface area contributed by atoms with E-state index in [1.54, 1.807) is 12.1 Å². The van der Waals surface area contributed by atoms with Gasteiger partial charge in [0.25, 0.3) is 5.69 Å². The van der Waals surface area contributed by atoms with Crippen molar-refractivity contribution < 1.29 is 4.92 Å². The van der Waals surface area contributed by atoms with E-state index in [-0.39, 0.29) is 5.69 Å². The normalized spacial score (nSPS) is 11.3. The lowest BCUT2D eigenvalue weighted by Crippen LogP contribution is -1.87. The summed E-state index contributed by atoms with van der Waals surface area (Å²) in [6, 6.07) is 10.5. The van der Waals surface area contributed by atoms with Crippen molar-refractivity contribution in [1.82, 2.24) is 4.98 Å². The molecule has 4 heteroatoms. The van der Waals surface area contributed by atoms with E-state index in [9.17, 15) is 10.1 Å². The molecule has 106 valence electrons. The van der Waals surface area contributed by atoms with Crippen LogP contribution in [0.2, 0.25) is 0 Å². The highest BCUT2D eigenvalue weighted by atomic mass is 16.6. The van der Waals surface area contributed by atoms with E-state index in [0.717, 1.165) is 17.0 Å². The van der Waals surface area contributed by atoms with Crippen LogP contribution in [0.3, 0.4) is 0 Å². The van der Waals surface area contributed by atoms with Gasteiger partial charge >= 0.3 is 0 Å². The summed E-state index contributed by atoms with van der Waals surface area (Å²) in [5.41, 5.74) is 4.11. The molecular weight excluding hydrogens is 264 g/mol. The van der Waals surface area contributed by atoms with Crippen molar-refractivity contribution in [2.45, 2.75) is 13.8 Å². The number of hydrogen-bond acceptors (Lipinski definition) is 3. The van der Waals surface area contributed by atoms with Gasteiger partial charge in [-0.1, -0.05) is 18.2 Å². The van der Waals surface area contributed by atoms with E-state index in [2.05, 4.69) is 4.98 Å². The quantitative estimate of drug-likeness (QED) is 0.475. The first kappa shape index (κ1) is 14.7. The van der Waals surface area contributed by atoms with Gasteiger partial charge in [0.05, 0.1) is 10.6 Å². The highest BCUT2D eigenvalue weighted by molar-refractivity contribution is 5.57. The van der Waals surface area contributed by atoms with Gasteiger partial charge in [0.15, 0.2) is 0 Å². The lowest BCUT2D eigenvalue weighted by atomic mass is 10.2. The molecule has 1 aromatic carbocycles.